The fourth-order valence-electron chi connectivity index (χ4n) is 4.66. The van der Waals surface area contributed by atoms with Gasteiger partial charge in [0.2, 0.25) is 5.91 Å². The maximum atomic E-state index is 13.2. The Labute approximate surface area is 182 Å². The van der Waals surface area contributed by atoms with E-state index < -0.39 is 0 Å². The number of nitrogens with one attached hydrogen (secondary N) is 1. The highest BCUT2D eigenvalue weighted by molar-refractivity contribution is 7.09. The van der Waals surface area contributed by atoms with Crippen LogP contribution < -0.4 is 5.32 Å². The van der Waals surface area contributed by atoms with E-state index in [1.165, 1.54) is 30.4 Å². The Bertz CT molecular complexity index is 985. The van der Waals surface area contributed by atoms with Gasteiger partial charge in [0.05, 0.1) is 6.54 Å². The molecule has 0 radical (unpaired) electrons. The summed E-state index contributed by atoms with van der Waals surface area (Å²) in [5.41, 5.74) is 3.94. The summed E-state index contributed by atoms with van der Waals surface area (Å²) < 4.78 is 0. The van der Waals surface area contributed by atoms with Gasteiger partial charge in [0.25, 0.3) is 0 Å². The van der Waals surface area contributed by atoms with Crippen LogP contribution in [0.5, 0.6) is 0 Å². The van der Waals surface area contributed by atoms with Gasteiger partial charge in [0.1, 0.15) is 11.0 Å². The van der Waals surface area contributed by atoms with Gasteiger partial charge in [-0.05, 0) is 48.8 Å². The van der Waals surface area contributed by atoms with E-state index in [1.54, 1.807) is 17.5 Å². The van der Waals surface area contributed by atoms with E-state index in [1.807, 2.05) is 23.6 Å². The van der Waals surface area contributed by atoms with Crippen LogP contribution in [0.4, 0.5) is 0 Å². The van der Waals surface area contributed by atoms with Crippen molar-refractivity contribution in [3.8, 4) is 0 Å². The number of fused-ring (bicyclic) bond motifs is 1. The van der Waals surface area contributed by atoms with Gasteiger partial charge >= 0.3 is 0 Å². The standard InChI is InChI=1S/C25H27N3OS/c29-23(27-24(25-26-15-16-30-25)19-8-2-1-3-9-19)17-28(20-13-14-20)22-12-6-10-18-7-4-5-11-21(18)22/h1-5,7-9,11,15-16,20,22,24H,6,10,12-14,17H2,(H,27,29). The molecule has 0 aliphatic heterocycles. The maximum absolute atomic E-state index is 13.2. The number of hydrogen-bond donors (Lipinski definition) is 1. The van der Waals surface area contributed by atoms with Gasteiger partial charge in [-0.1, -0.05) is 54.6 Å². The zero-order valence-corrected chi connectivity index (χ0v) is 17.9. The van der Waals surface area contributed by atoms with Crippen molar-refractivity contribution in [2.75, 3.05) is 6.54 Å². The number of carbonyl (C=O) groups excluding carboxylic acids is 1. The molecule has 1 heterocycles. The van der Waals surface area contributed by atoms with Crippen LogP contribution in [0.1, 0.15) is 59.5 Å². The van der Waals surface area contributed by atoms with Crippen molar-refractivity contribution in [1.29, 1.82) is 0 Å². The number of aromatic nitrogens is 1. The first-order valence-corrected chi connectivity index (χ1v) is 11.7. The second-order valence-electron chi connectivity index (χ2n) is 8.29. The number of nitrogens with zero attached hydrogens (tertiary/aromatic N) is 2. The van der Waals surface area contributed by atoms with Crippen molar-refractivity contribution in [2.24, 2.45) is 0 Å². The summed E-state index contributed by atoms with van der Waals surface area (Å²) in [5.74, 6) is 0.0778. The van der Waals surface area contributed by atoms with E-state index in [9.17, 15) is 4.79 Å². The van der Waals surface area contributed by atoms with Crippen LogP contribution in [0.3, 0.4) is 0 Å². The van der Waals surface area contributed by atoms with E-state index in [0.29, 0.717) is 18.6 Å². The van der Waals surface area contributed by atoms with Crippen molar-refractivity contribution >= 4 is 17.2 Å². The van der Waals surface area contributed by atoms with Crippen molar-refractivity contribution < 1.29 is 4.79 Å². The largest absolute Gasteiger partial charge is 0.342 e. The molecular weight excluding hydrogens is 390 g/mol. The molecule has 0 saturated heterocycles. The highest BCUT2D eigenvalue weighted by Crippen LogP contribution is 2.40. The summed E-state index contributed by atoms with van der Waals surface area (Å²) in [5, 5.41) is 6.17. The smallest absolute Gasteiger partial charge is 0.235 e. The lowest BCUT2D eigenvalue weighted by atomic mass is 9.86. The average molecular weight is 418 g/mol. The number of hydrogen-bond acceptors (Lipinski definition) is 4. The topological polar surface area (TPSA) is 45.2 Å². The Morgan fingerprint density at radius 3 is 2.67 bits per heavy atom. The molecule has 1 amide bonds. The fraction of sp³-hybridized carbons (Fsp3) is 0.360. The minimum atomic E-state index is -0.196. The van der Waals surface area contributed by atoms with Crippen molar-refractivity contribution in [1.82, 2.24) is 15.2 Å². The summed E-state index contributed by atoms with van der Waals surface area (Å²) in [7, 11) is 0. The molecule has 2 aromatic carbocycles. The quantitative estimate of drug-likeness (QED) is 0.595. The predicted octanol–water partition coefficient (Wildman–Crippen LogP) is 4.89. The lowest BCUT2D eigenvalue weighted by molar-refractivity contribution is -0.123. The molecule has 3 aromatic rings. The number of aryl methyl sites for hydroxylation is 1. The minimum absolute atomic E-state index is 0.0778. The van der Waals surface area contributed by atoms with Crippen LogP contribution in [0.15, 0.2) is 66.2 Å². The lowest BCUT2D eigenvalue weighted by Crippen LogP contribution is -2.42. The van der Waals surface area contributed by atoms with Gasteiger partial charge in [0, 0.05) is 23.7 Å². The molecule has 1 N–H and O–H groups in total. The summed E-state index contributed by atoms with van der Waals surface area (Å²) in [4.78, 5) is 20.2. The summed E-state index contributed by atoms with van der Waals surface area (Å²) in [6.45, 7) is 0.443. The predicted molar refractivity (Wildman–Crippen MR) is 120 cm³/mol. The van der Waals surface area contributed by atoms with Crippen LogP contribution in [-0.4, -0.2) is 28.4 Å². The van der Waals surface area contributed by atoms with Crippen LogP contribution >= 0.6 is 11.3 Å². The molecule has 1 aromatic heterocycles. The van der Waals surface area contributed by atoms with Crippen LogP contribution in [0, 0.1) is 0 Å². The van der Waals surface area contributed by atoms with E-state index in [2.05, 4.69) is 51.6 Å². The minimum Gasteiger partial charge on any atom is -0.342 e. The number of thiazole rings is 1. The first-order valence-electron chi connectivity index (χ1n) is 10.9. The number of amides is 1. The first-order chi connectivity index (χ1) is 14.8. The molecule has 154 valence electrons. The molecule has 1 saturated carbocycles. The van der Waals surface area contributed by atoms with Crippen molar-refractivity contribution in [3.05, 3.63) is 87.9 Å². The van der Waals surface area contributed by atoms with Gasteiger partial charge in [-0.3, -0.25) is 9.69 Å². The number of rotatable bonds is 7. The molecule has 2 atom stereocenters. The Hall–Kier alpha value is -2.50. The molecule has 5 rings (SSSR count). The second-order valence-corrected chi connectivity index (χ2v) is 9.22. The van der Waals surface area contributed by atoms with E-state index in [4.69, 9.17) is 0 Å². The van der Waals surface area contributed by atoms with Crippen molar-refractivity contribution in [3.63, 3.8) is 0 Å². The molecule has 4 nitrogen and oxygen atoms in total. The molecular formula is C25H27N3OS. The zero-order valence-electron chi connectivity index (χ0n) is 17.0. The molecule has 2 unspecified atom stereocenters. The Balaban J connectivity index is 1.35. The molecule has 2 aliphatic rings. The Morgan fingerprint density at radius 2 is 1.90 bits per heavy atom. The van der Waals surface area contributed by atoms with Gasteiger partial charge in [-0.2, -0.15) is 0 Å². The van der Waals surface area contributed by atoms with E-state index in [0.717, 1.165) is 23.4 Å². The summed E-state index contributed by atoms with van der Waals surface area (Å²) in [6, 6.07) is 19.6. The SMILES string of the molecule is O=C(CN(C1CC1)C1CCCc2ccccc21)NC(c1ccccc1)c1nccs1. The molecule has 2 aliphatic carbocycles. The third-order valence-electron chi connectivity index (χ3n) is 6.22. The molecule has 0 spiro atoms. The van der Waals surface area contributed by atoms with Gasteiger partial charge in [0.15, 0.2) is 0 Å². The highest BCUT2D eigenvalue weighted by Gasteiger charge is 2.37. The molecule has 30 heavy (non-hydrogen) atoms. The monoisotopic (exact) mass is 417 g/mol. The van der Waals surface area contributed by atoms with Crippen molar-refractivity contribution in [2.45, 2.75) is 50.2 Å². The number of benzene rings is 2. The van der Waals surface area contributed by atoms with Gasteiger partial charge in [-0.25, -0.2) is 4.98 Å². The Kier molecular flexibility index (Phi) is 5.65. The fourth-order valence-corrected chi connectivity index (χ4v) is 5.37. The molecule has 0 bridgehead atoms. The second kappa shape index (κ2) is 8.70. The Morgan fingerprint density at radius 1 is 1.10 bits per heavy atom. The van der Waals surface area contributed by atoms with E-state index >= 15 is 0 Å². The van der Waals surface area contributed by atoms with Crippen LogP contribution in [-0.2, 0) is 11.2 Å². The first kappa shape index (κ1) is 19.5. The zero-order chi connectivity index (χ0) is 20.3. The summed E-state index contributed by atoms with van der Waals surface area (Å²) in [6.07, 6.45) is 7.67. The van der Waals surface area contributed by atoms with Gasteiger partial charge in [-0.15, -0.1) is 11.3 Å². The molecule has 1 fully saturated rings. The third-order valence-corrected chi connectivity index (χ3v) is 7.06. The average Bonchev–Trinajstić information content (AvgIpc) is 3.49. The maximum Gasteiger partial charge on any atom is 0.235 e. The number of carbonyl (C=O) groups is 1. The summed E-state index contributed by atoms with van der Waals surface area (Å²) >= 11 is 1.58. The lowest BCUT2D eigenvalue weighted by Gasteiger charge is -2.36. The van der Waals surface area contributed by atoms with Crippen LogP contribution in [0.2, 0.25) is 0 Å². The highest BCUT2D eigenvalue weighted by atomic mass is 32.1. The van der Waals surface area contributed by atoms with Gasteiger partial charge < -0.3 is 5.32 Å². The third kappa shape index (κ3) is 4.18. The van der Waals surface area contributed by atoms with Crippen LogP contribution in [0.25, 0.3) is 0 Å². The normalized spacial score (nSPS) is 19.3. The molecule has 5 heteroatoms. The van der Waals surface area contributed by atoms with E-state index in [-0.39, 0.29) is 11.9 Å².